The molecule has 0 aliphatic heterocycles. The number of hydrogen-bond acceptors (Lipinski definition) is 3. The zero-order valence-electron chi connectivity index (χ0n) is 10.4. The van der Waals surface area contributed by atoms with E-state index in [1.807, 2.05) is 24.3 Å². The van der Waals surface area contributed by atoms with E-state index in [4.69, 9.17) is 21.1 Å². The Morgan fingerprint density at radius 2 is 1.89 bits per heavy atom. The number of hydrogen-bond donors (Lipinski definition) is 0. The molecule has 0 heterocycles. The molecule has 0 aliphatic rings. The lowest BCUT2D eigenvalue weighted by Crippen LogP contribution is -1.99. The molecule has 19 heavy (non-hydrogen) atoms. The molecule has 0 saturated carbocycles. The Hall–Kier alpha value is -2.00. The number of benzene rings is 2. The van der Waals surface area contributed by atoms with Crippen LogP contribution >= 0.6 is 11.6 Å². The number of para-hydroxylation sites is 1. The van der Waals surface area contributed by atoms with E-state index in [0.717, 1.165) is 17.6 Å². The first-order valence-electron chi connectivity index (χ1n) is 5.74. The summed E-state index contributed by atoms with van der Waals surface area (Å²) in [5, 5.41) is 0.429. The maximum absolute atomic E-state index is 10.9. The van der Waals surface area contributed by atoms with E-state index < -0.39 is 0 Å². The Bertz CT molecular complexity index is 564. The zero-order valence-corrected chi connectivity index (χ0v) is 11.2. The van der Waals surface area contributed by atoms with Crippen molar-refractivity contribution in [3.63, 3.8) is 0 Å². The quantitative estimate of drug-likeness (QED) is 0.781. The molecule has 0 aliphatic carbocycles. The van der Waals surface area contributed by atoms with Crippen LogP contribution in [0.25, 0.3) is 0 Å². The average molecular weight is 277 g/mol. The van der Waals surface area contributed by atoms with Crippen LogP contribution in [0.2, 0.25) is 5.02 Å². The molecule has 0 saturated heterocycles. The topological polar surface area (TPSA) is 35.5 Å². The van der Waals surface area contributed by atoms with Crippen molar-refractivity contribution in [2.24, 2.45) is 0 Å². The van der Waals surface area contributed by atoms with Gasteiger partial charge in [0.25, 0.3) is 0 Å². The van der Waals surface area contributed by atoms with Gasteiger partial charge in [-0.15, -0.1) is 0 Å². The van der Waals surface area contributed by atoms with Crippen LogP contribution in [0.15, 0.2) is 42.5 Å². The molecule has 0 unspecified atom stereocenters. The fourth-order valence-electron chi connectivity index (χ4n) is 1.65. The molecule has 2 aromatic rings. The minimum atomic E-state index is 0.342. The van der Waals surface area contributed by atoms with Crippen molar-refractivity contribution in [2.45, 2.75) is 6.61 Å². The maximum atomic E-state index is 10.9. The van der Waals surface area contributed by atoms with Gasteiger partial charge in [-0.25, -0.2) is 0 Å². The number of methoxy groups -OCH3 is 1. The summed E-state index contributed by atoms with van der Waals surface area (Å²) in [6, 6.07) is 12.6. The number of ether oxygens (including phenoxy) is 2. The van der Waals surface area contributed by atoms with Crippen molar-refractivity contribution in [2.75, 3.05) is 7.11 Å². The molecule has 3 nitrogen and oxygen atoms in total. The van der Waals surface area contributed by atoms with Gasteiger partial charge in [0.2, 0.25) is 0 Å². The van der Waals surface area contributed by atoms with E-state index in [1.165, 1.54) is 0 Å². The highest BCUT2D eigenvalue weighted by Gasteiger charge is 2.07. The Labute approximate surface area is 116 Å². The van der Waals surface area contributed by atoms with Crippen molar-refractivity contribution in [3.8, 4) is 11.5 Å². The summed E-state index contributed by atoms with van der Waals surface area (Å²) in [5.41, 5.74) is 1.42. The van der Waals surface area contributed by atoms with Crippen molar-refractivity contribution in [1.82, 2.24) is 0 Å². The highest BCUT2D eigenvalue weighted by molar-refractivity contribution is 6.32. The smallest absolute Gasteiger partial charge is 0.153 e. The first-order valence-corrected chi connectivity index (χ1v) is 6.12. The van der Waals surface area contributed by atoms with Gasteiger partial charge in [-0.05, 0) is 29.8 Å². The first-order chi connectivity index (χ1) is 9.24. The van der Waals surface area contributed by atoms with Gasteiger partial charge in [-0.2, -0.15) is 0 Å². The van der Waals surface area contributed by atoms with E-state index in [-0.39, 0.29) is 0 Å². The molecular weight excluding hydrogens is 264 g/mol. The third kappa shape index (κ3) is 3.26. The van der Waals surface area contributed by atoms with Crippen LogP contribution in [0.1, 0.15) is 15.9 Å². The molecule has 0 bridgehead atoms. The number of halogens is 1. The minimum Gasteiger partial charge on any atom is -0.497 e. The number of rotatable bonds is 5. The highest BCUT2D eigenvalue weighted by atomic mass is 35.5. The van der Waals surface area contributed by atoms with Gasteiger partial charge in [0.05, 0.1) is 17.7 Å². The standard InChI is InChI=1S/C15H13ClO3/c1-18-13-7-5-11(6-8-13)10-19-15-12(9-17)3-2-4-14(15)16/h2-9H,10H2,1H3. The zero-order chi connectivity index (χ0) is 13.7. The van der Waals surface area contributed by atoms with Crippen LogP contribution in [0.3, 0.4) is 0 Å². The number of aldehydes is 1. The van der Waals surface area contributed by atoms with Gasteiger partial charge in [0.15, 0.2) is 6.29 Å². The predicted molar refractivity (Wildman–Crippen MR) is 74.2 cm³/mol. The highest BCUT2D eigenvalue weighted by Crippen LogP contribution is 2.28. The Morgan fingerprint density at radius 3 is 2.53 bits per heavy atom. The van der Waals surface area contributed by atoms with Crippen LogP contribution in [-0.2, 0) is 6.61 Å². The van der Waals surface area contributed by atoms with Crippen LogP contribution in [-0.4, -0.2) is 13.4 Å². The molecule has 0 N–H and O–H groups in total. The van der Waals surface area contributed by atoms with Crippen LogP contribution in [0, 0.1) is 0 Å². The van der Waals surface area contributed by atoms with Gasteiger partial charge in [0.1, 0.15) is 18.1 Å². The van der Waals surface area contributed by atoms with Crippen LogP contribution in [0.4, 0.5) is 0 Å². The first kappa shape index (κ1) is 13.4. The lowest BCUT2D eigenvalue weighted by molar-refractivity contribution is 0.111. The Morgan fingerprint density at radius 1 is 1.16 bits per heavy atom. The van der Waals surface area contributed by atoms with Gasteiger partial charge in [-0.3, -0.25) is 4.79 Å². The van der Waals surface area contributed by atoms with E-state index in [2.05, 4.69) is 0 Å². The molecule has 4 heteroatoms. The molecule has 2 aromatic carbocycles. The molecule has 0 amide bonds. The Kier molecular flexibility index (Phi) is 4.42. The van der Waals surface area contributed by atoms with Gasteiger partial charge in [-0.1, -0.05) is 29.8 Å². The van der Waals surface area contributed by atoms with Crippen LogP contribution in [0.5, 0.6) is 11.5 Å². The summed E-state index contributed by atoms with van der Waals surface area (Å²) in [5.74, 6) is 1.20. The lowest BCUT2D eigenvalue weighted by Gasteiger charge is -2.10. The van der Waals surface area contributed by atoms with E-state index >= 15 is 0 Å². The monoisotopic (exact) mass is 276 g/mol. The predicted octanol–water partition coefficient (Wildman–Crippen LogP) is 3.74. The third-order valence-electron chi connectivity index (χ3n) is 2.67. The number of carbonyl (C=O) groups excluding carboxylic acids is 1. The fourth-order valence-corrected chi connectivity index (χ4v) is 1.88. The summed E-state index contributed by atoms with van der Waals surface area (Å²) in [6.45, 7) is 0.342. The normalized spacial score (nSPS) is 10.0. The van der Waals surface area contributed by atoms with E-state index in [1.54, 1.807) is 25.3 Å². The summed E-state index contributed by atoms with van der Waals surface area (Å²) in [4.78, 5) is 10.9. The molecule has 0 fully saturated rings. The SMILES string of the molecule is COc1ccc(COc2c(Cl)cccc2C=O)cc1. The minimum absolute atomic E-state index is 0.342. The van der Waals surface area contributed by atoms with E-state index in [0.29, 0.717) is 22.9 Å². The van der Waals surface area contributed by atoms with Crippen molar-refractivity contribution >= 4 is 17.9 Å². The molecule has 0 radical (unpaired) electrons. The molecule has 0 atom stereocenters. The van der Waals surface area contributed by atoms with Gasteiger partial charge >= 0.3 is 0 Å². The summed E-state index contributed by atoms with van der Waals surface area (Å²) in [6.07, 6.45) is 0.731. The van der Waals surface area contributed by atoms with Gasteiger partial charge in [0, 0.05) is 0 Å². The molecule has 2 rings (SSSR count). The third-order valence-corrected chi connectivity index (χ3v) is 2.96. The molecular formula is C15H13ClO3. The second-order valence-corrected chi connectivity index (χ2v) is 4.32. The molecule has 98 valence electrons. The van der Waals surface area contributed by atoms with Crippen molar-refractivity contribution in [3.05, 3.63) is 58.6 Å². The summed E-state index contributed by atoms with van der Waals surface area (Å²) < 4.78 is 10.7. The summed E-state index contributed by atoms with van der Waals surface area (Å²) in [7, 11) is 1.62. The maximum Gasteiger partial charge on any atom is 0.153 e. The molecule has 0 aromatic heterocycles. The summed E-state index contributed by atoms with van der Waals surface area (Å²) >= 11 is 6.02. The average Bonchev–Trinajstić information content (AvgIpc) is 2.46. The fraction of sp³-hybridized carbons (Fsp3) is 0.133. The van der Waals surface area contributed by atoms with Gasteiger partial charge < -0.3 is 9.47 Å². The molecule has 0 spiro atoms. The number of carbonyl (C=O) groups is 1. The van der Waals surface area contributed by atoms with Crippen molar-refractivity contribution in [1.29, 1.82) is 0 Å². The van der Waals surface area contributed by atoms with E-state index in [9.17, 15) is 4.79 Å². The largest absolute Gasteiger partial charge is 0.497 e. The second-order valence-electron chi connectivity index (χ2n) is 3.91. The Balaban J connectivity index is 2.11. The second kappa shape index (κ2) is 6.25. The van der Waals surface area contributed by atoms with Crippen LogP contribution < -0.4 is 9.47 Å². The lowest BCUT2D eigenvalue weighted by atomic mass is 10.2. The van der Waals surface area contributed by atoms with Crippen molar-refractivity contribution < 1.29 is 14.3 Å².